The van der Waals surface area contributed by atoms with Crippen molar-refractivity contribution in [1.82, 2.24) is 10.3 Å². The number of nitrogens with one attached hydrogen (secondary N) is 1. The van der Waals surface area contributed by atoms with Gasteiger partial charge in [-0.3, -0.25) is 4.98 Å². The van der Waals surface area contributed by atoms with Crippen LogP contribution in [0.1, 0.15) is 35.3 Å². The molecule has 0 bridgehead atoms. The minimum absolute atomic E-state index is 0.0532. The monoisotopic (exact) mass is 276 g/mol. The van der Waals surface area contributed by atoms with Crippen molar-refractivity contribution in [3.8, 4) is 0 Å². The van der Waals surface area contributed by atoms with Crippen LogP contribution in [0.4, 0.5) is 8.78 Å². The van der Waals surface area contributed by atoms with E-state index in [0.29, 0.717) is 12.1 Å². The summed E-state index contributed by atoms with van der Waals surface area (Å²) in [7, 11) is 0. The Balaban J connectivity index is 2.54. The molecule has 0 saturated carbocycles. The largest absolute Gasteiger partial charge is 0.306 e. The topological polar surface area (TPSA) is 24.9 Å². The molecule has 0 aliphatic carbocycles. The molecule has 0 spiro atoms. The summed E-state index contributed by atoms with van der Waals surface area (Å²) in [4.78, 5) is 4.20. The molecule has 0 radical (unpaired) electrons. The summed E-state index contributed by atoms with van der Waals surface area (Å²) in [5.41, 5.74) is 2.11. The number of nitrogens with zero attached hydrogens (tertiary/aromatic N) is 1. The zero-order chi connectivity index (χ0) is 14.7. The van der Waals surface area contributed by atoms with Gasteiger partial charge in [-0.05, 0) is 43.7 Å². The summed E-state index contributed by atoms with van der Waals surface area (Å²) in [6, 6.07) is 5.90. The minimum Gasteiger partial charge on any atom is -0.306 e. The van der Waals surface area contributed by atoms with Gasteiger partial charge >= 0.3 is 0 Å². The third kappa shape index (κ3) is 2.85. The Morgan fingerprint density at radius 3 is 2.50 bits per heavy atom. The first-order valence-electron chi connectivity index (χ1n) is 6.65. The number of benzene rings is 1. The molecule has 1 aromatic carbocycles. The van der Waals surface area contributed by atoms with Gasteiger partial charge in [-0.15, -0.1) is 0 Å². The van der Waals surface area contributed by atoms with Crippen LogP contribution in [0, 0.1) is 25.5 Å². The van der Waals surface area contributed by atoms with E-state index < -0.39 is 17.7 Å². The molecule has 1 heterocycles. The second-order valence-corrected chi connectivity index (χ2v) is 4.82. The van der Waals surface area contributed by atoms with Gasteiger partial charge in [-0.2, -0.15) is 0 Å². The summed E-state index contributed by atoms with van der Waals surface area (Å²) < 4.78 is 28.4. The number of hydrogen-bond acceptors (Lipinski definition) is 2. The van der Waals surface area contributed by atoms with E-state index in [1.165, 1.54) is 12.1 Å². The van der Waals surface area contributed by atoms with Crippen LogP contribution in [0.5, 0.6) is 0 Å². The molecule has 1 N–H and O–H groups in total. The molecule has 4 heteroatoms. The predicted molar refractivity (Wildman–Crippen MR) is 75.6 cm³/mol. The maximum Gasteiger partial charge on any atom is 0.134 e. The number of rotatable bonds is 4. The lowest BCUT2D eigenvalue weighted by Crippen LogP contribution is -2.24. The van der Waals surface area contributed by atoms with Gasteiger partial charge in [0.25, 0.3) is 0 Å². The number of aryl methyl sites for hydroxylation is 2. The van der Waals surface area contributed by atoms with Gasteiger partial charge in [-0.25, -0.2) is 8.78 Å². The molecule has 106 valence electrons. The van der Waals surface area contributed by atoms with Crippen molar-refractivity contribution in [1.29, 1.82) is 0 Å². The second kappa shape index (κ2) is 6.09. The van der Waals surface area contributed by atoms with Crippen LogP contribution < -0.4 is 5.32 Å². The Hall–Kier alpha value is -1.81. The van der Waals surface area contributed by atoms with Crippen molar-refractivity contribution in [2.24, 2.45) is 0 Å². The third-order valence-electron chi connectivity index (χ3n) is 3.28. The fourth-order valence-electron chi connectivity index (χ4n) is 2.18. The van der Waals surface area contributed by atoms with Crippen molar-refractivity contribution in [3.05, 3.63) is 64.5 Å². The first-order chi connectivity index (χ1) is 9.54. The van der Waals surface area contributed by atoms with Crippen LogP contribution in [0.2, 0.25) is 0 Å². The highest BCUT2D eigenvalue weighted by molar-refractivity contribution is 5.36. The van der Waals surface area contributed by atoms with Crippen LogP contribution in [-0.4, -0.2) is 11.5 Å². The van der Waals surface area contributed by atoms with Crippen LogP contribution in [0.15, 0.2) is 30.5 Å². The molecule has 1 aromatic heterocycles. The Morgan fingerprint density at radius 2 is 1.90 bits per heavy atom. The molecule has 0 saturated heterocycles. The smallest absolute Gasteiger partial charge is 0.134 e. The zero-order valence-corrected chi connectivity index (χ0v) is 11.9. The van der Waals surface area contributed by atoms with E-state index in [-0.39, 0.29) is 5.56 Å². The van der Waals surface area contributed by atoms with Gasteiger partial charge < -0.3 is 5.32 Å². The van der Waals surface area contributed by atoms with Crippen LogP contribution >= 0.6 is 0 Å². The Morgan fingerprint density at radius 1 is 1.15 bits per heavy atom. The van der Waals surface area contributed by atoms with Gasteiger partial charge in [0, 0.05) is 17.5 Å². The normalized spacial score (nSPS) is 12.4. The summed E-state index contributed by atoms with van der Waals surface area (Å²) >= 11 is 0. The van der Waals surface area contributed by atoms with Crippen molar-refractivity contribution in [2.75, 3.05) is 6.54 Å². The van der Waals surface area contributed by atoms with E-state index >= 15 is 0 Å². The Kier molecular flexibility index (Phi) is 4.45. The van der Waals surface area contributed by atoms with E-state index in [1.54, 1.807) is 13.1 Å². The third-order valence-corrected chi connectivity index (χ3v) is 3.28. The van der Waals surface area contributed by atoms with Crippen LogP contribution in [0.3, 0.4) is 0 Å². The molecule has 2 aromatic rings. The molecule has 0 aliphatic heterocycles. The molecule has 0 amide bonds. The molecule has 20 heavy (non-hydrogen) atoms. The first-order valence-corrected chi connectivity index (χ1v) is 6.65. The van der Waals surface area contributed by atoms with Crippen molar-refractivity contribution >= 4 is 0 Å². The Labute approximate surface area is 117 Å². The van der Waals surface area contributed by atoms with E-state index in [9.17, 15) is 8.78 Å². The first kappa shape index (κ1) is 14.6. The van der Waals surface area contributed by atoms with Crippen molar-refractivity contribution in [3.63, 3.8) is 0 Å². The Bertz CT molecular complexity index is 594. The highest BCUT2D eigenvalue weighted by Gasteiger charge is 2.22. The lowest BCUT2D eigenvalue weighted by Gasteiger charge is -2.20. The highest BCUT2D eigenvalue weighted by Crippen LogP contribution is 2.28. The van der Waals surface area contributed by atoms with Gasteiger partial charge in [0.1, 0.15) is 11.6 Å². The average molecular weight is 276 g/mol. The lowest BCUT2D eigenvalue weighted by atomic mass is 9.97. The van der Waals surface area contributed by atoms with Gasteiger partial charge in [0.05, 0.1) is 6.04 Å². The zero-order valence-electron chi connectivity index (χ0n) is 11.9. The second-order valence-electron chi connectivity index (χ2n) is 4.82. The summed E-state index contributed by atoms with van der Waals surface area (Å²) in [6.07, 6.45) is 1.66. The molecule has 2 rings (SSSR count). The van der Waals surface area contributed by atoms with Crippen molar-refractivity contribution in [2.45, 2.75) is 26.8 Å². The summed E-state index contributed by atoms with van der Waals surface area (Å²) in [5, 5.41) is 3.12. The number of hydrogen-bond donors (Lipinski definition) is 1. The summed E-state index contributed by atoms with van der Waals surface area (Å²) in [5.74, 6) is -1.05. The molecule has 0 aliphatic rings. The molecule has 2 nitrogen and oxygen atoms in total. The molecule has 1 unspecified atom stereocenters. The van der Waals surface area contributed by atoms with E-state index in [4.69, 9.17) is 0 Å². The van der Waals surface area contributed by atoms with Crippen LogP contribution in [0.25, 0.3) is 0 Å². The molecule has 1 atom stereocenters. The number of aromatic nitrogens is 1. The van der Waals surface area contributed by atoms with Gasteiger partial charge in [-0.1, -0.05) is 19.1 Å². The standard InChI is InChI=1S/C16H18F2N2/c1-4-19-16(12-7-6-11(3)20-9-12)14-13(17)8-5-10(2)15(14)18/h5-9,16,19H,4H2,1-3H3. The lowest BCUT2D eigenvalue weighted by molar-refractivity contribution is 0.506. The maximum atomic E-state index is 14.3. The van der Waals surface area contributed by atoms with Crippen LogP contribution in [-0.2, 0) is 0 Å². The fourth-order valence-corrected chi connectivity index (χ4v) is 2.18. The van der Waals surface area contributed by atoms with Crippen molar-refractivity contribution < 1.29 is 8.78 Å². The van der Waals surface area contributed by atoms with E-state index in [2.05, 4.69) is 10.3 Å². The summed E-state index contributed by atoms with van der Waals surface area (Å²) in [6.45, 7) is 6.01. The van der Waals surface area contributed by atoms with E-state index in [1.807, 2.05) is 26.0 Å². The van der Waals surface area contributed by atoms with E-state index in [0.717, 1.165) is 11.3 Å². The highest BCUT2D eigenvalue weighted by atomic mass is 19.1. The fraction of sp³-hybridized carbons (Fsp3) is 0.312. The maximum absolute atomic E-state index is 14.3. The number of halogens is 2. The average Bonchev–Trinajstić information content (AvgIpc) is 2.43. The molecular weight excluding hydrogens is 258 g/mol. The molecule has 0 fully saturated rings. The number of pyridine rings is 1. The quantitative estimate of drug-likeness (QED) is 0.921. The molecular formula is C16H18F2N2. The predicted octanol–water partition coefficient (Wildman–Crippen LogP) is 3.68. The SMILES string of the molecule is CCNC(c1ccc(C)nc1)c1c(F)ccc(C)c1F. The van der Waals surface area contributed by atoms with Gasteiger partial charge in [0.2, 0.25) is 0 Å². The minimum atomic E-state index is -0.542. The van der Waals surface area contributed by atoms with Gasteiger partial charge in [0.15, 0.2) is 0 Å².